The minimum Gasteiger partial charge on any atom is -0.483 e. The number of primary amides is 1. The molecule has 2 aromatic heterocycles. The number of carbonyl (C=O) groups excluding carboxylic acids is 2. The lowest BCUT2D eigenvalue weighted by Gasteiger charge is -2.09. The highest BCUT2D eigenvalue weighted by Crippen LogP contribution is 2.28. The number of amides is 2. The van der Waals surface area contributed by atoms with E-state index in [1.165, 1.54) is 0 Å². The topological polar surface area (TPSA) is 94.3 Å². The van der Waals surface area contributed by atoms with Crippen molar-refractivity contribution in [3.05, 3.63) is 57.2 Å². The van der Waals surface area contributed by atoms with Gasteiger partial charge >= 0.3 is 0 Å². The highest BCUT2D eigenvalue weighted by molar-refractivity contribution is 7.16. The van der Waals surface area contributed by atoms with Gasteiger partial charge in [0.25, 0.3) is 11.8 Å². The summed E-state index contributed by atoms with van der Waals surface area (Å²) in [4.78, 5) is 29.9. The summed E-state index contributed by atoms with van der Waals surface area (Å²) in [6, 6.07) is 10.5. The smallest absolute Gasteiger partial charge is 0.258 e. The molecule has 0 spiro atoms. The van der Waals surface area contributed by atoms with Crippen LogP contribution in [0.1, 0.15) is 20.2 Å². The van der Waals surface area contributed by atoms with Gasteiger partial charge in [-0.25, -0.2) is 4.98 Å². The molecule has 0 bridgehead atoms. The first-order chi connectivity index (χ1) is 12.5. The standard InChI is InChI=1S/C18H17N3O3S2/c1-11-21-14(10-25-11)16-7-6-12(26-16)8-20-17(22)9-24-15-5-3-2-4-13(15)18(19)23/h2-7,10H,8-9H2,1H3,(H2,19,23)(H,20,22). The number of nitrogens with zero attached hydrogens (tertiary/aromatic N) is 1. The van der Waals surface area contributed by atoms with Gasteiger partial charge in [0.2, 0.25) is 0 Å². The Morgan fingerprint density at radius 1 is 1.23 bits per heavy atom. The van der Waals surface area contributed by atoms with E-state index in [-0.39, 0.29) is 18.1 Å². The molecule has 0 unspecified atom stereocenters. The number of thiophene rings is 1. The summed E-state index contributed by atoms with van der Waals surface area (Å²) in [6.45, 7) is 2.19. The van der Waals surface area contributed by atoms with Crippen molar-refractivity contribution in [2.24, 2.45) is 5.73 Å². The normalized spacial score (nSPS) is 10.5. The number of thiazole rings is 1. The second kappa shape index (κ2) is 8.11. The number of carbonyl (C=O) groups is 2. The zero-order chi connectivity index (χ0) is 18.5. The van der Waals surface area contributed by atoms with Crippen molar-refractivity contribution in [1.82, 2.24) is 10.3 Å². The molecule has 0 aliphatic heterocycles. The van der Waals surface area contributed by atoms with Crippen molar-refractivity contribution in [3.8, 4) is 16.3 Å². The lowest BCUT2D eigenvalue weighted by molar-refractivity contribution is -0.123. The first-order valence-electron chi connectivity index (χ1n) is 7.82. The fourth-order valence-electron chi connectivity index (χ4n) is 2.26. The van der Waals surface area contributed by atoms with Crippen molar-refractivity contribution in [3.63, 3.8) is 0 Å². The predicted molar refractivity (Wildman–Crippen MR) is 102 cm³/mol. The molecule has 0 fully saturated rings. The molecule has 3 rings (SSSR count). The summed E-state index contributed by atoms with van der Waals surface area (Å²) in [5.74, 6) is -0.569. The van der Waals surface area contributed by atoms with Crippen LogP contribution in [0.4, 0.5) is 0 Å². The lowest BCUT2D eigenvalue weighted by atomic mass is 10.2. The molecule has 134 valence electrons. The zero-order valence-electron chi connectivity index (χ0n) is 14.0. The van der Waals surface area contributed by atoms with Crippen LogP contribution < -0.4 is 15.8 Å². The van der Waals surface area contributed by atoms with Crippen LogP contribution in [0.3, 0.4) is 0 Å². The maximum Gasteiger partial charge on any atom is 0.258 e. The number of rotatable bonds is 7. The molecular weight excluding hydrogens is 370 g/mol. The Morgan fingerprint density at radius 3 is 2.77 bits per heavy atom. The van der Waals surface area contributed by atoms with Crippen molar-refractivity contribution in [2.75, 3.05) is 6.61 Å². The second-order valence-electron chi connectivity index (χ2n) is 5.44. The van der Waals surface area contributed by atoms with Crippen LogP contribution in [0.15, 0.2) is 41.8 Å². The summed E-state index contributed by atoms with van der Waals surface area (Å²) in [7, 11) is 0. The largest absolute Gasteiger partial charge is 0.483 e. The minimum absolute atomic E-state index is 0.187. The quantitative estimate of drug-likeness (QED) is 0.652. The Bertz CT molecular complexity index is 933. The number of ether oxygens (including phenoxy) is 1. The SMILES string of the molecule is Cc1nc(-c2ccc(CNC(=O)COc3ccccc3C(N)=O)s2)cs1. The summed E-state index contributed by atoms with van der Waals surface area (Å²) < 4.78 is 5.41. The highest BCUT2D eigenvalue weighted by Gasteiger charge is 2.11. The van der Waals surface area contributed by atoms with Crippen molar-refractivity contribution in [2.45, 2.75) is 13.5 Å². The molecule has 0 aliphatic carbocycles. The lowest BCUT2D eigenvalue weighted by Crippen LogP contribution is -2.28. The van der Waals surface area contributed by atoms with Crippen molar-refractivity contribution in [1.29, 1.82) is 0 Å². The van der Waals surface area contributed by atoms with Crippen LogP contribution in [0.2, 0.25) is 0 Å². The van der Waals surface area contributed by atoms with Gasteiger partial charge in [-0.1, -0.05) is 12.1 Å². The average Bonchev–Trinajstić information content (AvgIpc) is 3.27. The van der Waals surface area contributed by atoms with Crippen LogP contribution in [0, 0.1) is 6.92 Å². The van der Waals surface area contributed by atoms with Gasteiger partial charge < -0.3 is 15.8 Å². The van der Waals surface area contributed by atoms with Gasteiger partial charge in [-0.3, -0.25) is 9.59 Å². The molecule has 2 amide bonds. The predicted octanol–water partition coefficient (Wildman–Crippen LogP) is 2.97. The van der Waals surface area contributed by atoms with Crippen molar-refractivity contribution < 1.29 is 14.3 Å². The third-order valence-electron chi connectivity index (χ3n) is 3.50. The molecule has 0 saturated carbocycles. The fourth-order valence-corrected chi connectivity index (χ4v) is 3.86. The van der Waals surface area contributed by atoms with E-state index in [2.05, 4.69) is 10.3 Å². The Morgan fingerprint density at radius 2 is 2.04 bits per heavy atom. The van der Waals surface area contributed by atoms with Gasteiger partial charge in [-0.2, -0.15) is 0 Å². The number of hydrogen-bond acceptors (Lipinski definition) is 6. The molecular formula is C18H17N3O3S2. The van der Waals surface area contributed by atoms with Gasteiger partial charge in [0.1, 0.15) is 5.75 Å². The van der Waals surface area contributed by atoms with Crippen LogP contribution in [0.25, 0.3) is 10.6 Å². The Labute approximate surface area is 158 Å². The van der Waals surface area contributed by atoms with E-state index in [4.69, 9.17) is 10.5 Å². The summed E-state index contributed by atoms with van der Waals surface area (Å²) in [6.07, 6.45) is 0. The van der Waals surface area contributed by atoms with Crippen LogP contribution in [-0.4, -0.2) is 23.4 Å². The first-order valence-corrected chi connectivity index (χ1v) is 9.52. The molecule has 0 aliphatic rings. The summed E-state index contributed by atoms with van der Waals surface area (Å²) in [5, 5.41) is 5.85. The maximum atomic E-state index is 12.0. The number of benzene rings is 1. The Balaban J connectivity index is 1.52. The van der Waals surface area contributed by atoms with Crippen LogP contribution in [-0.2, 0) is 11.3 Å². The van der Waals surface area contributed by atoms with Gasteiger partial charge in [0.05, 0.1) is 27.7 Å². The van der Waals surface area contributed by atoms with E-state index >= 15 is 0 Å². The number of aromatic nitrogens is 1. The van der Waals surface area contributed by atoms with Crippen LogP contribution in [0.5, 0.6) is 5.75 Å². The second-order valence-corrected chi connectivity index (χ2v) is 7.67. The van der Waals surface area contributed by atoms with E-state index in [0.29, 0.717) is 12.3 Å². The molecule has 26 heavy (non-hydrogen) atoms. The maximum absolute atomic E-state index is 12.0. The summed E-state index contributed by atoms with van der Waals surface area (Å²) in [5.41, 5.74) is 6.50. The van der Waals surface area contributed by atoms with Gasteiger partial charge in [-0.15, -0.1) is 22.7 Å². The zero-order valence-corrected chi connectivity index (χ0v) is 15.7. The van der Waals surface area contributed by atoms with Gasteiger partial charge in [0.15, 0.2) is 6.61 Å². The monoisotopic (exact) mass is 387 g/mol. The number of nitrogens with one attached hydrogen (secondary N) is 1. The Hall–Kier alpha value is -2.71. The molecule has 0 atom stereocenters. The number of nitrogens with two attached hydrogens (primary N) is 1. The van der Waals surface area contributed by atoms with E-state index in [0.717, 1.165) is 20.5 Å². The third-order valence-corrected chi connectivity index (χ3v) is 5.39. The first kappa shape index (κ1) is 18.1. The molecule has 1 aromatic carbocycles. The van der Waals surface area contributed by atoms with Crippen molar-refractivity contribution >= 4 is 34.5 Å². The Kier molecular flexibility index (Phi) is 5.65. The minimum atomic E-state index is -0.593. The summed E-state index contributed by atoms with van der Waals surface area (Å²) >= 11 is 3.20. The molecule has 2 heterocycles. The third kappa shape index (κ3) is 4.47. The van der Waals surface area contributed by atoms with Gasteiger partial charge in [-0.05, 0) is 31.2 Å². The molecule has 8 heteroatoms. The van der Waals surface area contributed by atoms with E-state index in [1.54, 1.807) is 46.9 Å². The van der Waals surface area contributed by atoms with Crippen LogP contribution >= 0.6 is 22.7 Å². The van der Waals surface area contributed by atoms with E-state index < -0.39 is 5.91 Å². The molecule has 3 aromatic rings. The molecule has 0 radical (unpaired) electrons. The molecule has 0 saturated heterocycles. The van der Waals surface area contributed by atoms with Gasteiger partial charge in [0, 0.05) is 10.3 Å². The number of para-hydroxylation sites is 1. The fraction of sp³-hybridized carbons (Fsp3) is 0.167. The average molecular weight is 387 g/mol. The molecule has 6 nitrogen and oxygen atoms in total. The number of hydrogen-bond donors (Lipinski definition) is 2. The molecule has 3 N–H and O–H groups in total. The van der Waals surface area contributed by atoms with E-state index in [1.807, 2.05) is 24.4 Å². The van der Waals surface area contributed by atoms with E-state index in [9.17, 15) is 9.59 Å². The highest BCUT2D eigenvalue weighted by atomic mass is 32.1. The number of aryl methyl sites for hydroxylation is 1.